The van der Waals surface area contributed by atoms with Gasteiger partial charge < -0.3 is 9.47 Å². The fraction of sp³-hybridized carbons (Fsp3) is 0.727. The van der Waals surface area contributed by atoms with Crippen LogP contribution < -0.4 is 4.74 Å². The maximum Gasteiger partial charge on any atom is 0.118 e. The predicted molar refractivity (Wildman–Crippen MR) is 112 cm³/mol. The molecule has 0 N–H and O–H groups in total. The van der Waals surface area contributed by atoms with Crippen LogP contribution in [0.3, 0.4) is 0 Å². The zero-order valence-corrected chi connectivity index (χ0v) is 17.3. The zero-order valence-electron chi connectivity index (χ0n) is 16.4. The summed E-state index contributed by atoms with van der Waals surface area (Å²) in [6.07, 6.45) is 13.8. The van der Waals surface area contributed by atoms with Gasteiger partial charge in [-0.1, -0.05) is 76.8 Å². The summed E-state index contributed by atoms with van der Waals surface area (Å²) in [5.41, 5.74) is 1.35. The van der Waals surface area contributed by atoms with Crippen LogP contribution in [0.2, 0.25) is 0 Å². The Bertz CT molecular complexity index is 392. The van der Waals surface area contributed by atoms with Gasteiger partial charge in [-0.3, -0.25) is 0 Å². The average molecular weight is 367 g/mol. The lowest BCUT2D eigenvalue weighted by Crippen LogP contribution is -1.99. The van der Waals surface area contributed by atoms with E-state index >= 15 is 0 Å². The van der Waals surface area contributed by atoms with E-state index in [0.717, 1.165) is 30.5 Å². The molecule has 0 radical (unpaired) electrons. The van der Waals surface area contributed by atoms with Crippen LogP contribution in [0.25, 0.3) is 0 Å². The molecule has 0 heterocycles. The molecule has 0 aromatic heterocycles. The molecule has 25 heavy (non-hydrogen) atoms. The van der Waals surface area contributed by atoms with Gasteiger partial charge in [-0.25, -0.2) is 0 Å². The highest BCUT2D eigenvalue weighted by Crippen LogP contribution is 2.16. The van der Waals surface area contributed by atoms with Gasteiger partial charge in [0.05, 0.1) is 13.7 Å². The minimum atomic E-state index is 0.873. The summed E-state index contributed by atoms with van der Waals surface area (Å²) in [4.78, 5) is 0. The molecule has 1 aromatic carbocycles. The third-order valence-corrected chi connectivity index (χ3v) is 5.43. The number of ether oxygens (including phenoxy) is 2. The molecule has 3 heteroatoms. The smallest absolute Gasteiger partial charge is 0.118 e. The second-order valence-electron chi connectivity index (χ2n) is 6.70. The predicted octanol–water partition coefficient (Wildman–Crippen LogP) is 6.87. The first-order chi connectivity index (χ1) is 12.4. The maximum absolute atomic E-state index is 5.74. The molecular formula is C22H38O2S. The molecule has 0 saturated carbocycles. The molecule has 1 rings (SSSR count). The van der Waals surface area contributed by atoms with Crippen LogP contribution in [0, 0.1) is 0 Å². The Morgan fingerprint density at radius 3 is 1.96 bits per heavy atom. The molecule has 0 aliphatic carbocycles. The summed E-state index contributed by atoms with van der Waals surface area (Å²) >= 11 is 1.94. The van der Waals surface area contributed by atoms with Gasteiger partial charge in [-0.15, -0.1) is 0 Å². The molecule has 0 bridgehead atoms. The molecule has 0 amide bonds. The van der Waals surface area contributed by atoms with E-state index in [2.05, 4.69) is 19.1 Å². The van der Waals surface area contributed by atoms with Gasteiger partial charge in [0, 0.05) is 18.1 Å². The average Bonchev–Trinajstić information content (AvgIpc) is 2.65. The van der Waals surface area contributed by atoms with Crippen LogP contribution in [0.4, 0.5) is 0 Å². The highest BCUT2D eigenvalue weighted by atomic mass is 32.2. The van der Waals surface area contributed by atoms with Crippen molar-refractivity contribution in [3.8, 4) is 5.75 Å². The number of benzene rings is 1. The highest BCUT2D eigenvalue weighted by Gasteiger charge is 1.96. The summed E-state index contributed by atoms with van der Waals surface area (Å²) in [5.74, 6) is 3.05. The van der Waals surface area contributed by atoms with Gasteiger partial charge in [0.15, 0.2) is 0 Å². The monoisotopic (exact) mass is 366 g/mol. The largest absolute Gasteiger partial charge is 0.497 e. The lowest BCUT2D eigenvalue weighted by Gasteiger charge is -2.06. The van der Waals surface area contributed by atoms with Crippen LogP contribution in [0.5, 0.6) is 5.75 Å². The second kappa shape index (κ2) is 16.8. The Labute approximate surface area is 160 Å². The van der Waals surface area contributed by atoms with Crippen LogP contribution in [-0.2, 0) is 10.5 Å². The van der Waals surface area contributed by atoms with Crippen LogP contribution in [0.1, 0.15) is 76.7 Å². The molecule has 0 aliphatic rings. The van der Waals surface area contributed by atoms with Gasteiger partial charge >= 0.3 is 0 Å². The van der Waals surface area contributed by atoms with Crippen molar-refractivity contribution < 1.29 is 9.47 Å². The summed E-state index contributed by atoms with van der Waals surface area (Å²) in [5, 5.41) is 0. The SMILES string of the molecule is CCCCCCCCCCCCOCCSCc1ccc(OC)cc1. The van der Waals surface area contributed by atoms with E-state index in [0.29, 0.717) is 0 Å². The van der Waals surface area contributed by atoms with E-state index in [9.17, 15) is 0 Å². The Morgan fingerprint density at radius 2 is 1.36 bits per heavy atom. The fourth-order valence-corrected chi connectivity index (χ4v) is 3.63. The third-order valence-electron chi connectivity index (χ3n) is 4.44. The van der Waals surface area contributed by atoms with Crippen molar-refractivity contribution in [3.63, 3.8) is 0 Å². The van der Waals surface area contributed by atoms with Crippen molar-refractivity contribution >= 4 is 11.8 Å². The van der Waals surface area contributed by atoms with E-state index in [1.807, 2.05) is 23.9 Å². The standard InChI is InChI=1S/C22H38O2S/c1-3-4-5-6-7-8-9-10-11-12-17-24-18-19-25-20-21-13-15-22(23-2)16-14-21/h13-16H,3-12,17-20H2,1-2H3. The summed E-state index contributed by atoms with van der Waals surface area (Å²) in [6, 6.07) is 8.32. The Kier molecular flexibility index (Phi) is 15.0. The molecule has 144 valence electrons. The number of rotatable bonds is 17. The molecule has 0 fully saturated rings. The second-order valence-corrected chi connectivity index (χ2v) is 7.80. The topological polar surface area (TPSA) is 18.5 Å². The summed E-state index contributed by atoms with van der Waals surface area (Å²) < 4.78 is 10.9. The number of methoxy groups -OCH3 is 1. The molecule has 0 atom stereocenters. The minimum Gasteiger partial charge on any atom is -0.497 e. The molecule has 0 unspecified atom stereocenters. The summed E-state index contributed by atoms with van der Waals surface area (Å²) in [7, 11) is 1.70. The van der Waals surface area contributed by atoms with Crippen molar-refractivity contribution in [1.82, 2.24) is 0 Å². The molecule has 1 aromatic rings. The van der Waals surface area contributed by atoms with Gasteiger partial charge in [0.25, 0.3) is 0 Å². The number of hydrogen-bond acceptors (Lipinski definition) is 3. The first-order valence-electron chi connectivity index (χ1n) is 10.1. The van der Waals surface area contributed by atoms with Gasteiger partial charge in [0.1, 0.15) is 5.75 Å². The zero-order chi connectivity index (χ0) is 18.0. The number of hydrogen-bond donors (Lipinski definition) is 0. The molecule has 0 saturated heterocycles. The number of thioether (sulfide) groups is 1. The minimum absolute atomic E-state index is 0.873. The first-order valence-corrected chi connectivity index (χ1v) is 11.3. The normalized spacial score (nSPS) is 11.0. The van der Waals surface area contributed by atoms with E-state index in [4.69, 9.17) is 9.47 Å². The van der Waals surface area contributed by atoms with Crippen molar-refractivity contribution in [2.75, 3.05) is 26.1 Å². The van der Waals surface area contributed by atoms with E-state index in [1.54, 1.807) is 7.11 Å². The third kappa shape index (κ3) is 13.2. The quantitative estimate of drug-likeness (QED) is 0.280. The Morgan fingerprint density at radius 1 is 0.760 bits per heavy atom. The maximum atomic E-state index is 5.74. The fourth-order valence-electron chi connectivity index (χ4n) is 2.82. The van der Waals surface area contributed by atoms with Crippen LogP contribution in [0.15, 0.2) is 24.3 Å². The molecule has 2 nitrogen and oxygen atoms in total. The van der Waals surface area contributed by atoms with Crippen molar-refractivity contribution in [1.29, 1.82) is 0 Å². The van der Waals surface area contributed by atoms with Gasteiger partial charge in [-0.05, 0) is 24.1 Å². The Hall–Kier alpha value is -0.670. The lowest BCUT2D eigenvalue weighted by molar-refractivity contribution is 0.145. The molecular weight excluding hydrogens is 328 g/mol. The number of unbranched alkanes of at least 4 members (excludes halogenated alkanes) is 9. The van der Waals surface area contributed by atoms with E-state index in [-0.39, 0.29) is 0 Å². The van der Waals surface area contributed by atoms with E-state index in [1.165, 1.54) is 69.8 Å². The van der Waals surface area contributed by atoms with Crippen LogP contribution in [-0.4, -0.2) is 26.1 Å². The van der Waals surface area contributed by atoms with Crippen molar-refractivity contribution in [2.24, 2.45) is 0 Å². The van der Waals surface area contributed by atoms with Crippen LogP contribution >= 0.6 is 11.8 Å². The Balaban J connectivity index is 1.78. The van der Waals surface area contributed by atoms with Gasteiger partial charge in [-0.2, -0.15) is 11.8 Å². The highest BCUT2D eigenvalue weighted by molar-refractivity contribution is 7.98. The van der Waals surface area contributed by atoms with Crippen molar-refractivity contribution in [2.45, 2.75) is 76.9 Å². The summed E-state index contributed by atoms with van der Waals surface area (Å²) in [6.45, 7) is 4.08. The molecule has 0 aliphatic heterocycles. The first kappa shape index (κ1) is 22.4. The van der Waals surface area contributed by atoms with Crippen molar-refractivity contribution in [3.05, 3.63) is 29.8 Å². The molecule has 0 spiro atoms. The lowest BCUT2D eigenvalue weighted by atomic mass is 10.1. The van der Waals surface area contributed by atoms with E-state index < -0.39 is 0 Å². The van der Waals surface area contributed by atoms with Gasteiger partial charge in [0.2, 0.25) is 0 Å².